The van der Waals surface area contributed by atoms with Crippen molar-refractivity contribution in [2.24, 2.45) is 7.05 Å². The first-order chi connectivity index (χ1) is 14.3. The number of aryl methyl sites for hydroxylation is 2. The molecule has 0 aliphatic rings. The van der Waals surface area contributed by atoms with E-state index < -0.39 is 0 Å². The first-order valence-corrected chi connectivity index (χ1v) is 9.95. The van der Waals surface area contributed by atoms with Gasteiger partial charge in [-0.05, 0) is 42.3 Å². The molecule has 0 unspecified atom stereocenters. The number of hydrogen-bond acceptors (Lipinski definition) is 3. The molecule has 0 fully saturated rings. The number of amides is 1. The summed E-state index contributed by atoms with van der Waals surface area (Å²) in [5.41, 5.74) is 3.93. The van der Waals surface area contributed by atoms with E-state index in [-0.39, 0.29) is 18.0 Å². The third kappa shape index (κ3) is 3.84. The van der Waals surface area contributed by atoms with Crippen LogP contribution in [0.15, 0.2) is 59.8 Å². The second kappa shape index (κ2) is 7.97. The van der Waals surface area contributed by atoms with Crippen molar-refractivity contribution in [3.63, 3.8) is 0 Å². The van der Waals surface area contributed by atoms with Crippen molar-refractivity contribution in [1.82, 2.24) is 14.1 Å². The standard InChI is InChI=1S/C22H18Cl2N4O2/c1-13-3-8-16(9-18(13)24)26-19(29)11-28-12-25-20-17(10-27(2)21(20)22(28)30)14-4-6-15(23)7-5-14/h3-10,12H,11H2,1-2H3,(H,26,29). The Bertz CT molecular complexity index is 1320. The topological polar surface area (TPSA) is 68.9 Å². The maximum Gasteiger partial charge on any atom is 0.278 e. The number of halogens is 2. The average Bonchev–Trinajstić information content (AvgIpc) is 3.04. The minimum Gasteiger partial charge on any atom is -0.344 e. The molecular formula is C22H18Cl2N4O2. The van der Waals surface area contributed by atoms with Crippen LogP contribution in [0.25, 0.3) is 22.2 Å². The first-order valence-electron chi connectivity index (χ1n) is 9.20. The highest BCUT2D eigenvalue weighted by molar-refractivity contribution is 6.31. The van der Waals surface area contributed by atoms with Crippen molar-refractivity contribution >= 4 is 45.8 Å². The molecule has 2 aromatic heterocycles. The zero-order chi connectivity index (χ0) is 21.4. The number of rotatable bonds is 4. The van der Waals surface area contributed by atoms with Crippen LogP contribution >= 0.6 is 23.2 Å². The molecule has 1 N–H and O–H groups in total. The number of carbonyl (C=O) groups is 1. The number of aromatic nitrogens is 3. The average molecular weight is 441 g/mol. The molecule has 0 aliphatic carbocycles. The highest BCUT2D eigenvalue weighted by Crippen LogP contribution is 2.28. The maximum atomic E-state index is 13.0. The molecule has 152 valence electrons. The van der Waals surface area contributed by atoms with Gasteiger partial charge in [0.25, 0.3) is 5.56 Å². The number of carbonyl (C=O) groups excluding carboxylic acids is 1. The Balaban J connectivity index is 1.64. The Kier molecular flexibility index (Phi) is 5.37. The summed E-state index contributed by atoms with van der Waals surface area (Å²) >= 11 is 12.1. The van der Waals surface area contributed by atoms with Gasteiger partial charge in [-0.15, -0.1) is 0 Å². The summed E-state index contributed by atoms with van der Waals surface area (Å²) < 4.78 is 3.02. The van der Waals surface area contributed by atoms with Gasteiger partial charge in [0.15, 0.2) is 0 Å². The van der Waals surface area contributed by atoms with Crippen LogP contribution in [0.2, 0.25) is 10.0 Å². The minimum absolute atomic E-state index is 0.158. The normalized spacial score (nSPS) is 11.1. The Morgan fingerprint density at radius 2 is 1.87 bits per heavy atom. The number of anilines is 1. The maximum absolute atomic E-state index is 13.0. The molecule has 4 rings (SSSR count). The fraction of sp³-hybridized carbons (Fsp3) is 0.136. The summed E-state index contributed by atoms with van der Waals surface area (Å²) in [5.74, 6) is -0.342. The fourth-order valence-electron chi connectivity index (χ4n) is 3.29. The summed E-state index contributed by atoms with van der Waals surface area (Å²) in [6.07, 6.45) is 3.24. The molecule has 6 nitrogen and oxygen atoms in total. The molecule has 1 amide bonds. The molecule has 2 aromatic carbocycles. The molecule has 2 heterocycles. The van der Waals surface area contributed by atoms with Gasteiger partial charge in [-0.3, -0.25) is 14.2 Å². The Labute approximate surface area is 182 Å². The molecule has 0 atom stereocenters. The number of nitrogens with zero attached hydrogens (tertiary/aromatic N) is 3. The summed E-state index contributed by atoms with van der Waals surface area (Å²) in [5, 5.41) is 3.95. The lowest BCUT2D eigenvalue weighted by Gasteiger charge is -2.09. The second-order valence-corrected chi connectivity index (χ2v) is 7.89. The van der Waals surface area contributed by atoms with Gasteiger partial charge in [0, 0.05) is 34.5 Å². The molecule has 8 heteroatoms. The molecule has 0 saturated carbocycles. The predicted octanol–water partition coefficient (Wildman–Crippen LogP) is 4.66. The second-order valence-electron chi connectivity index (χ2n) is 7.05. The largest absolute Gasteiger partial charge is 0.344 e. The van der Waals surface area contributed by atoms with Gasteiger partial charge in [-0.25, -0.2) is 4.98 Å². The van der Waals surface area contributed by atoms with Gasteiger partial charge in [0.2, 0.25) is 5.91 Å². The fourth-order valence-corrected chi connectivity index (χ4v) is 3.60. The summed E-state index contributed by atoms with van der Waals surface area (Å²) in [6, 6.07) is 12.6. The Morgan fingerprint density at radius 3 is 2.57 bits per heavy atom. The van der Waals surface area contributed by atoms with E-state index in [2.05, 4.69) is 10.3 Å². The van der Waals surface area contributed by atoms with E-state index in [0.717, 1.165) is 16.7 Å². The van der Waals surface area contributed by atoms with Gasteiger partial charge in [-0.2, -0.15) is 0 Å². The summed E-state index contributed by atoms with van der Waals surface area (Å²) in [7, 11) is 1.78. The first kappa shape index (κ1) is 20.2. The van der Waals surface area contributed by atoms with Crippen molar-refractivity contribution in [3.8, 4) is 11.1 Å². The van der Waals surface area contributed by atoms with Crippen LogP contribution in [0.3, 0.4) is 0 Å². The lowest BCUT2D eigenvalue weighted by atomic mass is 10.1. The van der Waals surface area contributed by atoms with Crippen LogP contribution in [-0.4, -0.2) is 20.0 Å². The lowest BCUT2D eigenvalue weighted by molar-refractivity contribution is -0.116. The van der Waals surface area contributed by atoms with Crippen LogP contribution < -0.4 is 10.9 Å². The smallest absolute Gasteiger partial charge is 0.278 e. The quantitative estimate of drug-likeness (QED) is 0.501. The molecule has 0 aliphatic heterocycles. The van der Waals surface area contributed by atoms with E-state index in [9.17, 15) is 9.59 Å². The molecule has 0 spiro atoms. The molecular weight excluding hydrogens is 423 g/mol. The summed E-state index contributed by atoms with van der Waals surface area (Å²) in [6.45, 7) is 1.72. The van der Waals surface area contributed by atoms with Crippen LogP contribution in [0, 0.1) is 6.92 Å². The zero-order valence-electron chi connectivity index (χ0n) is 16.3. The predicted molar refractivity (Wildman–Crippen MR) is 120 cm³/mol. The third-order valence-corrected chi connectivity index (χ3v) is 5.53. The molecule has 4 aromatic rings. The zero-order valence-corrected chi connectivity index (χ0v) is 17.8. The van der Waals surface area contributed by atoms with Crippen LogP contribution in [0.4, 0.5) is 5.69 Å². The number of nitrogens with one attached hydrogen (secondary N) is 1. The molecule has 30 heavy (non-hydrogen) atoms. The highest BCUT2D eigenvalue weighted by atomic mass is 35.5. The van der Waals surface area contributed by atoms with Crippen LogP contribution in [-0.2, 0) is 18.4 Å². The van der Waals surface area contributed by atoms with Crippen molar-refractivity contribution < 1.29 is 4.79 Å². The Morgan fingerprint density at radius 1 is 1.13 bits per heavy atom. The molecule has 0 radical (unpaired) electrons. The lowest BCUT2D eigenvalue weighted by Crippen LogP contribution is -2.28. The van der Waals surface area contributed by atoms with E-state index in [1.807, 2.05) is 31.3 Å². The monoisotopic (exact) mass is 440 g/mol. The van der Waals surface area contributed by atoms with Crippen molar-refractivity contribution in [3.05, 3.63) is 81.0 Å². The van der Waals surface area contributed by atoms with Crippen molar-refractivity contribution in [2.75, 3.05) is 5.32 Å². The van der Waals surface area contributed by atoms with Gasteiger partial charge in [-0.1, -0.05) is 41.4 Å². The number of hydrogen-bond donors (Lipinski definition) is 1. The van der Waals surface area contributed by atoms with Crippen molar-refractivity contribution in [1.29, 1.82) is 0 Å². The number of fused-ring (bicyclic) bond motifs is 1. The van der Waals surface area contributed by atoms with Crippen molar-refractivity contribution in [2.45, 2.75) is 13.5 Å². The highest BCUT2D eigenvalue weighted by Gasteiger charge is 2.16. The van der Waals surface area contributed by atoms with E-state index >= 15 is 0 Å². The minimum atomic E-state index is -0.342. The van der Waals surface area contributed by atoms with Crippen LogP contribution in [0.1, 0.15) is 5.56 Å². The Hall–Kier alpha value is -3.09. The van der Waals surface area contributed by atoms with E-state index in [0.29, 0.717) is 26.8 Å². The SMILES string of the molecule is Cc1ccc(NC(=O)Cn2cnc3c(-c4ccc(Cl)cc4)cn(C)c3c2=O)cc1Cl. The van der Waals surface area contributed by atoms with E-state index in [1.54, 1.807) is 35.9 Å². The van der Waals surface area contributed by atoms with Gasteiger partial charge >= 0.3 is 0 Å². The molecule has 0 bridgehead atoms. The third-order valence-electron chi connectivity index (χ3n) is 4.87. The van der Waals surface area contributed by atoms with Crippen LogP contribution in [0.5, 0.6) is 0 Å². The van der Waals surface area contributed by atoms with Gasteiger partial charge in [0.1, 0.15) is 17.6 Å². The summed E-state index contributed by atoms with van der Waals surface area (Å²) in [4.78, 5) is 29.9. The molecule has 0 saturated heterocycles. The van der Waals surface area contributed by atoms with E-state index in [4.69, 9.17) is 23.2 Å². The van der Waals surface area contributed by atoms with Gasteiger partial charge in [0.05, 0.1) is 6.33 Å². The van der Waals surface area contributed by atoms with Gasteiger partial charge < -0.3 is 9.88 Å². The van der Waals surface area contributed by atoms with E-state index in [1.165, 1.54) is 10.9 Å². The number of benzene rings is 2.